The molecule has 0 saturated carbocycles. The molecular weight excluding hydrogens is 406 g/mol. The van der Waals surface area contributed by atoms with Crippen LogP contribution in [0.4, 0.5) is 5.69 Å². The Labute approximate surface area is 186 Å². The van der Waals surface area contributed by atoms with E-state index in [0.717, 1.165) is 5.56 Å². The first kappa shape index (κ1) is 21.1. The highest BCUT2D eigenvalue weighted by Crippen LogP contribution is 2.65. The predicted molar refractivity (Wildman–Crippen MR) is 116 cm³/mol. The van der Waals surface area contributed by atoms with Gasteiger partial charge in [0.05, 0.1) is 31.9 Å². The molecule has 0 fully saturated rings. The Morgan fingerprint density at radius 3 is 2.47 bits per heavy atom. The topological polar surface area (TPSA) is 103 Å². The molecule has 7 heteroatoms. The Balaban J connectivity index is 2.13. The molecule has 1 aliphatic heterocycles. The largest absolute Gasteiger partial charge is 0.497 e. The normalized spacial score (nSPS) is 22.7. The van der Waals surface area contributed by atoms with E-state index >= 15 is 0 Å². The standard InChI is InChI=1S/C25H21N3O4/c1-15-8-9-21-19(10-15)25(23(30)28(21)2)20(22(29)32-4)12-18(24(25,13-26)14-27)16-6-5-7-17(11-16)31-3/h5-12,18H,1-4H3/t18-,25-/m0/s1. The van der Waals surface area contributed by atoms with Crippen molar-refractivity contribution in [1.29, 1.82) is 10.5 Å². The van der Waals surface area contributed by atoms with Gasteiger partial charge in [-0.15, -0.1) is 0 Å². The fraction of sp³-hybridized carbons (Fsp3) is 0.280. The quantitative estimate of drug-likeness (QED) is 0.697. The Morgan fingerprint density at radius 2 is 1.84 bits per heavy atom. The summed E-state index contributed by atoms with van der Waals surface area (Å²) in [7, 11) is 4.32. The second kappa shape index (κ2) is 7.25. The molecule has 7 nitrogen and oxygen atoms in total. The molecule has 32 heavy (non-hydrogen) atoms. The number of nitrogens with zero attached hydrogens (tertiary/aromatic N) is 3. The van der Waals surface area contributed by atoms with Crippen molar-refractivity contribution >= 4 is 17.6 Å². The van der Waals surface area contributed by atoms with E-state index in [9.17, 15) is 20.1 Å². The summed E-state index contributed by atoms with van der Waals surface area (Å²) in [5.74, 6) is -1.59. The van der Waals surface area contributed by atoms with Gasteiger partial charge < -0.3 is 14.4 Å². The van der Waals surface area contributed by atoms with Crippen molar-refractivity contribution in [3.05, 3.63) is 70.8 Å². The molecule has 160 valence electrons. The number of nitriles is 2. The number of hydrogen-bond donors (Lipinski definition) is 0. The number of rotatable bonds is 3. The molecule has 1 amide bonds. The molecular formula is C25H21N3O4. The third kappa shape index (κ3) is 2.39. The molecule has 4 rings (SSSR count). The van der Waals surface area contributed by atoms with E-state index in [2.05, 4.69) is 12.1 Å². The number of allylic oxidation sites excluding steroid dienone is 1. The minimum absolute atomic E-state index is 0.00267. The average molecular weight is 427 g/mol. The van der Waals surface area contributed by atoms with Crippen molar-refractivity contribution in [3.8, 4) is 17.9 Å². The summed E-state index contributed by atoms with van der Waals surface area (Å²) in [6.45, 7) is 1.85. The maximum absolute atomic E-state index is 13.9. The van der Waals surface area contributed by atoms with Crippen molar-refractivity contribution in [2.45, 2.75) is 18.3 Å². The lowest BCUT2D eigenvalue weighted by Crippen LogP contribution is -2.52. The number of methoxy groups -OCH3 is 2. The molecule has 0 unspecified atom stereocenters. The zero-order valence-electron chi connectivity index (χ0n) is 18.2. The van der Waals surface area contributed by atoms with Crippen LogP contribution in [0.5, 0.6) is 5.75 Å². The van der Waals surface area contributed by atoms with Crippen LogP contribution in [0.25, 0.3) is 0 Å². The number of hydrogen-bond acceptors (Lipinski definition) is 6. The number of ether oxygens (including phenoxy) is 2. The van der Waals surface area contributed by atoms with E-state index in [0.29, 0.717) is 22.6 Å². The first-order chi connectivity index (χ1) is 15.3. The van der Waals surface area contributed by atoms with Gasteiger partial charge >= 0.3 is 5.97 Å². The van der Waals surface area contributed by atoms with Crippen LogP contribution in [-0.2, 0) is 19.7 Å². The fourth-order valence-electron chi connectivity index (χ4n) is 5.07. The Bertz CT molecular complexity index is 1250. The summed E-state index contributed by atoms with van der Waals surface area (Å²) in [4.78, 5) is 28.4. The first-order valence-electron chi connectivity index (χ1n) is 9.98. The molecule has 2 atom stereocenters. The van der Waals surface area contributed by atoms with E-state index in [1.807, 2.05) is 13.0 Å². The Morgan fingerprint density at radius 1 is 1.12 bits per heavy atom. The number of carbonyl (C=O) groups is 2. The van der Waals surface area contributed by atoms with Crippen molar-refractivity contribution in [2.75, 3.05) is 26.2 Å². The van der Waals surface area contributed by atoms with Crippen molar-refractivity contribution in [1.82, 2.24) is 0 Å². The van der Waals surface area contributed by atoms with Crippen molar-refractivity contribution in [3.63, 3.8) is 0 Å². The molecule has 0 radical (unpaired) electrons. The lowest BCUT2D eigenvalue weighted by molar-refractivity contribution is -0.139. The number of aryl methyl sites for hydroxylation is 1. The zero-order valence-corrected chi connectivity index (χ0v) is 18.2. The highest BCUT2D eigenvalue weighted by Gasteiger charge is 2.73. The Kier molecular flexibility index (Phi) is 4.79. The maximum Gasteiger partial charge on any atom is 0.334 e. The van der Waals surface area contributed by atoms with Crippen LogP contribution >= 0.6 is 0 Å². The number of amides is 1. The number of likely N-dealkylation sites (N-methyl/N-ethyl adjacent to an activating group) is 1. The number of carbonyl (C=O) groups excluding carboxylic acids is 2. The van der Waals surface area contributed by atoms with Gasteiger partial charge in [-0.1, -0.05) is 35.9 Å². The number of anilines is 1. The SMILES string of the molecule is COC(=O)C1=C[C@@H](c2cccc(OC)c2)C(C#N)(C#N)[C@]12C(=O)N(C)c1ccc(C)cc12. The summed E-state index contributed by atoms with van der Waals surface area (Å²) in [5.41, 5.74) is -1.32. The third-order valence-corrected chi connectivity index (χ3v) is 6.55. The summed E-state index contributed by atoms with van der Waals surface area (Å²) >= 11 is 0. The number of fused-ring (bicyclic) bond motifs is 2. The Hall–Kier alpha value is -4.10. The smallest absolute Gasteiger partial charge is 0.334 e. The lowest BCUT2D eigenvalue weighted by atomic mass is 9.57. The number of esters is 1. The first-order valence-corrected chi connectivity index (χ1v) is 9.98. The van der Waals surface area contributed by atoms with E-state index in [4.69, 9.17) is 9.47 Å². The minimum Gasteiger partial charge on any atom is -0.497 e. The van der Waals surface area contributed by atoms with Gasteiger partial charge in [0.1, 0.15) is 11.2 Å². The molecule has 0 aromatic heterocycles. The van der Waals surface area contributed by atoms with Crippen LogP contribution in [0.3, 0.4) is 0 Å². The molecule has 0 saturated heterocycles. The maximum atomic E-state index is 13.9. The molecule has 1 heterocycles. The van der Waals surface area contributed by atoms with Crippen LogP contribution in [0.15, 0.2) is 54.1 Å². The highest BCUT2D eigenvalue weighted by molar-refractivity contribution is 6.17. The molecule has 1 aliphatic carbocycles. The van der Waals surface area contributed by atoms with Gasteiger partial charge in [-0.05, 0) is 36.2 Å². The van der Waals surface area contributed by atoms with Gasteiger partial charge in [-0.3, -0.25) is 4.79 Å². The van der Waals surface area contributed by atoms with E-state index in [1.165, 1.54) is 25.2 Å². The molecule has 2 aromatic rings. The number of benzene rings is 2. The van der Waals surface area contributed by atoms with Gasteiger partial charge in [0.15, 0.2) is 5.41 Å². The predicted octanol–water partition coefficient (Wildman–Crippen LogP) is 3.15. The van der Waals surface area contributed by atoms with E-state index in [1.54, 1.807) is 43.4 Å². The monoisotopic (exact) mass is 427 g/mol. The highest BCUT2D eigenvalue weighted by atomic mass is 16.5. The van der Waals surface area contributed by atoms with Crippen molar-refractivity contribution < 1.29 is 19.1 Å². The molecule has 2 aromatic carbocycles. The van der Waals surface area contributed by atoms with Crippen molar-refractivity contribution in [2.24, 2.45) is 5.41 Å². The second-order valence-electron chi connectivity index (χ2n) is 7.99. The molecule has 0 bridgehead atoms. The van der Waals surface area contributed by atoms with Crippen LogP contribution in [0.1, 0.15) is 22.6 Å². The summed E-state index contributed by atoms with van der Waals surface area (Å²) in [5, 5.41) is 21.0. The van der Waals surface area contributed by atoms with E-state index < -0.39 is 28.6 Å². The second-order valence-corrected chi connectivity index (χ2v) is 7.99. The molecule has 2 aliphatic rings. The van der Waals surface area contributed by atoms with Crippen LogP contribution in [-0.4, -0.2) is 33.1 Å². The van der Waals surface area contributed by atoms with Gasteiger partial charge in [-0.2, -0.15) is 10.5 Å². The van der Waals surface area contributed by atoms with Gasteiger partial charge in [-0.25, -0.2) is 4.79 Å². The molecule has 1 spiro atoms. The van der Waals surface area contributed by atoms with Gasteiger partial charge in [0.2, 0.25) is 5.91 Å². The van der Waals surface area contributed by atoms with Gasteiger partial charge in [0.25, 0.3) is 0 Å². The zero-order chi connectivity index (χ0) is 23.3. The minimum atomic E-state index is -1.92. The fourth-order valence-corrected chi connectivity index (χ4v) is 5.07. The summed E-state index contributed by atoms with van der Waals surface area (Å²) in [6, 6.07) is 16.6. The third-order valence-electron chi connectivity index (χ3n) is 6.55. The average Bonchev–Trinajstić information content (AvgIpc) is 3.24. The molecule has 0 N–H and O–H groups in total. The van der Waals surface area contributed by atoms with Crippen LogP contribution in [0.2, 0.25) is 0 Å². The van der Waals surface area contributed by atoms with Crippen LogP contribution < -0.4 is 9.64 Å². The lowest BCUT2D eigenvalue weighted by Gasteiger charge is -2.37. The summed E-state index contributed by atoms with van der Waals surface area (Å²) in [6.07, 6.45) is 1.54. The van der Waals surface area contributed by atoms with Crippen LogP contribution in [0, 0.1) is 35.0 Å². The van der Waals surface area contributed by atoms with Gasteiger partial charge in [0, 0.05) is 18.7 Å². The summed E-state index contributed by atoms with van der Waals surface area (Å²) < 4.78 is 10.4. The van der Waals surface area contributed by atoms with E-state index in [-0.39, 0.29) is 5.57 Å².